The van der Waals surface area contributed by atoms with E-state index in [1.807, 2.05) is 53.6 Å². The number of aromatic nitrogens is 6. The number of ether oxygens (including phenoxy) is 1. The van der Waals surface area contributed by atoms with Crippen molar-refractivity contribution in [1.29, 1.82) is 0 Å². The molecule has 0 radical (unpaired) electrons. The first-order valence-corrected chi connectivity index (χ1v) is 13.8. The minimum Gasteiger partial charge on any atom is -0.383 e. The molecule has 1 aromatic carbocycles. The highest BCUT2D eigenvalue weighted by molar-refractivity contribution is 5.93. The molecule has 2 saturated heterocycles. The van der Waals surface area contributed by atoms with Gasteiger partial charge in [-0.1, -0.05) is 36.4 Å². The molecule has 2 unspecified atom stereocenters. The average molecular weight is 550 g/mol. The third-order valence-corrected chi connectivity index (χ3v) is 8.43. The predicted octanol–water partition coefficient (Wildman–Crippen LogP) is 4.04. The number of rotatable bonds is 6. The molecule has 0 spiro atoms. The molecule has 6 heterocycles. The summed E-state index contributed by atoms with van der Waals surface area (Å²) in [5.41, 5.74) is 19.1. The maximum absolute atomic E-state index is 13.3. The predicted molar refractivity (Wildman–Crippen MR) is 155 cm³/mol. The molecule has 2 fully saturated rings. The zero-order valence-corrected chi connectivity index (χ0v) is 22.7. The summed E-state index contributed by atoms with van der Waals surface area (Å²) in [6.45, 7) is 0.328. The number of pyridine rings is 1. The zero-order valence-electron chi connectivity index (χ0n) is 22.7. The van der Waals surface area contributed by atoms with Gasteiger partial charge in [0.2, 0.25) is 0 Å². The number of nitrogens with one attached hydrogen (secondary N) is 1. The average Bonchev–Trinajstić information content (AvgIpc) is 3.70. The van der Waals surface area contributed by atoms with Crippen LogP contribution in [0.1, 0.15) is 53.3 Å². The number of hydrogen-bond acceptors (Lipinski definition) is 8. The Labute approximate surface area is 236 Å². The first kappa shape index (κ1) is 25.2. The first-order valence-electron chi connectivity index (χ1n) is 13.8. The monoisotopic (exact) mass is 549 g/mol. The van der Waals surface area contributed by atoms with E-state index in [0.717, 1.165) is 59.3 Å². The minimum atomic E-state index is -0.0512. The van der Waals surface area contributed by atoms with Crippen molar-refractivity contribution in [3.8, 4) is 22.4 Å². The second-order valence-corrected chi connectivity index (χ2v) is 10.9. The molecular weight excluding hydrogens is 518 g/mol. The molecule has 41 heavy (non-hydrogen) atoms. The molecule has 7 rings (SSSR count). The molecule has 11 nitrogen and oxygen atoms in total. The minimum absolute atomic E-state index is 0.0512. The zero-order chi connectivity index (χ0) is 28.1. The number of nitrogen functional groups attached to an aromatic ring is 2. The Bertz CT molecular complexity index is 1710. The molecule has 2 atom stereocenters. The summed E-state index contributed by atoms with van der Waals surface area (Å²) in [5, 5.41) is 11.3. The van der Waals surface area contributed by atoms with Crippen molar-refractivity contribution in [3.63, 3.8) is 0 Å². The molecule has 4 aromatic heterocycles. The van der Waals surface area contributed by atoms with Gasteiger partial charge < -0.3 is 21.1 Å². The van der Waals surface area contributed by atoms with Gasteiger partial charge >= 0.3 is 0 Å². The summed E-state index contributed by atoms with van der Waals surface area (Å²) >= 11 is 0. The Morgan fingerprint density at radius 1 is 1.05 bits per heavy atom. The Kier molecular flexibility index (Phi) is 6.15. The second-order valence-electron chi connectivity index (χ2n) is 10.9. The van der Waals surface area contributed by atoms with E-state index >= 15 is 0 Å². The molecule has 5 N–H and O–H groups in total. The number of nitrogens with zero attached hydrogens (tertiary/aromatic N) is 6. The third kappa shape index (κ3) is 4.29. The molecule has 2 aliphatic heterocycles. The van der Waals surface area contributed by atoms with Crippen molar-refractivity contribution in [2.45, 2.75) is 50.3 Å². The van der Waals surface area contributed by atoms with Gasteiger partial charge in [0.15, 0.2) is 5.65 Å². The van der Waals surface area contributed by atoms with Crippen LogP contribution in [0.15, 0.2) is 60.9 Å². The van der Waals surface area contributed by atoms with E-state index in [0.29, 0.717) is 29.6 Å². The van der Waals surface area contributed by atoms with Gasteiger partial charge in [-0.15, -0.1) is 0 Å². The van der Waals surface area contributed by atoms with Gasteiger partial charge in [0.1, 0.15) is 17.3 Å². The smallest absolute Gasteiger partial charge is 0.272 e. The fraction of sp³-hybridized carbons (Fsp3) is 0.300. The van der Waals surface area contributed by atoms with Crippen LogP contribution >= 0.6 is 0 Å². The van der Waals surface area contributed by atoms with Crippen LogP contribution < -0.4 is 11.5 Å². The number of carbonyl (C=O) groups is 1. The first-order chi connectivity index (χ1) is 20.0. The number of anilines is 2. The molecule has 2 bridgehead atoms. The Balaban J connectivity index is 1.24. The number of nitrogens with two attached hydrogens (primary N) is 2. The molecule has 0 saturated carbocycles. The van der Waals surface area contributed by atoms with Gasteiger partial charge in [0.25, 0.3) is 5.91 Å². The lowest BCUT2D eigenvalue weighted by Gasteiger charge is -2.39. The summed E-state index contributed by atoms with van der Waals surface area (Å²) in [6.07, 6.45) is 7.13. The van der Waals surface area contributed by atoms with Crippen molar-refractivity contribution in [1.82, 2.24) is 34.7 Å². The molecule has 0 aliphatic carbocycles. The van der Waals surface area contributed by atoms with Crippen molar-refractivity contribution in [3.05, 3.63) is 77.9 Å². The van der Waals surface area contributed by atoms with Crippen molar-refractivity contribution < 1.29 is 9.53 Å². The standard InChI is InChI=1S/C30H31N9O2/c1-41-16-23-27(19-11-20-8-9-21(12-19)38(20)30(40)25-13-26(31)37-36-25)35-29-22(15-34-39(29)28(23)32)18-7-10-24(33-14-18)17-5-3-2-4-6-17/h2-7,10,13-15,19-21H,8-9,11-12,16,32H2,1H3,(H3,31,36,37). The maximum atomic E-state index is 13.3. The number of carbonyl (C=O) groups excluding carboxylic acids is 1. The van der Waals surface area contributed by atoms with Crippen LogP contribution in [-0.4, -0.2) is 59.8 Å². The molecule has 11 heteroatoms. The van der Waals surface area contributed by atoms with Crippen LogP contribution in [0.2, 0.25) is 0 Å². The van der Waals surface area contributed by atoms with Gasteiger partial charge in [0.05, 0.1) is 24.2 Å². The Morgan fingerprint density at radius 2 is 1.83 bits per heavy atom. The highest BCUT2D eigenvalue weighted by atomic mass is 16.5. The number of hydrogen-bond donors (Lipinski definition) is 3. The van der Waals surface area contributed by atoms with E-state index in [9.17, 15) is 4.79 Å². The van der Waals surface area contributed by atoms with Crippen LogP contribution in [0.4, 0.5) is 11.6 Å². The summed E-state index contributed by atoms with van der Waals surface area (Å²) < 4.78 is 7.25. The van der Waals surface area contributed by atoms with Crippen LogP contribution in [0.25, 0.3) is 28.0 Å². The molecule has 1 amide bonds. The number of H-pyrrole nitrogens is 1. The molecule has 5 aromatic rings. The molecular formula is C30H31N9O2. The fourth-order valence-electron chi connectivity index (χ4n) is 6.55. The van der Waals surface area contributed by atoms with Crippen LogP contribution in [0.3, 0.4) is 0 Å². The third-order valence-electron chi connectivity index (χ3n) is 8.43. The summed E-state index contributed by atoms with van der Waals surface area (Å²) in [7, 11) is 1.66. The van der Waals surface area contributed by atoms with E-state index < -0.39 is 0 Å². The summed E-state index contributed by atoms with van der Waals surface area (Å²) in [5.74, 6) is 0.909. The fourth-order valence-corrected chi connectivity index (χ4v) is 6.55. The van der Waals surface area contributed by atoms with Gasteiger partial charge in [-0.3, -0.25) is 14.9 Å². The lowest BCUT2D eigenvalue weighted by molar-refractivity contribution is 0.0562. The van der Waals surface area contributed by atoms with E-state index in [1.54, 1.807) is 23.9 Å². The van der Waals surface area contributed by atoms with E-state index in [2.05, 4.69) is 15.3 Å². The van der Waals surface area contributed by atoms with Gasteiger partial charge in [0, 0.05) is 59.6 Å². The van der Waals surface area contributed by atoms with Crippen molar-refractivity contribution >= 4 is 23.2 Å². The van der Waals surface area contributed by atoms with E-state index in [-0.39, 0.29) is 23.9 Å². The lowest BCUT2D eigenvalue weighted by atomic mass is 9.85. The van der Waals surface area contributed by atoms with Crippen molar-refractivity contribution in [2.75, 3.05) is 18.6 Å². The van der Waals surface area contributed by atoms with Gasteiger partial charge in [-0.2, -0.15) is 14.7 Å². The van der Waals surface area contributed by atoms with Gasteiger partial charge in [-0.05, 0) is 31.7 Å². The number of amides is 1. The largest absolute Gasteiger partial charge is 0.383 e. The van der Waals surface area contributed by atoms with Gasteiger partial charge in [-0.25, -0.2) is 4.98 Å². The normalized spacial score (nSPS) is 20.1. The van der Waals surface area contributed by atoms with Crippen LogP contribution in [0.5, 0.6) is 0 Å². The van der Waals surface area contributed by atoms with E-state index in [4.69, 9.17) is 26.2 Å². The topological polar surface area (TPSA) is 153 Å². The van der Waals surface area contributed by atoms with Crippen LogP contribution in [-0.2, 0) is 11.3 Å². The Morgan fingerprint density at radius 3 is 2.49 bits per heavy atom. The lowest BCUT2D eigenvalue weighted by Crippen LogP contribution is -2.46. The molecule has 2 aliphatic rings. The van der Waals surface area contributed by atoms with Crippen LogP contribution in [0, 0.1) is 0 Å². The van der Waals surface area contributed by atoms with Crippen molar-refractivity contribution in [2.24, 2.45) is 0 Å². The number of piperidine rings is 1. The highest BCUT2D eigenvalue weighted by Gasteiger charge is 2.45. The van der Waals surface area contributed by atoms with E-state index in [1.165, 1.54) is 0 Å². The maximum Gasteiger partial charge on any atom is 0.272 e. The molecule has 208 valence electrons. The summed E-state index contributed by atoms with van der Waals surface area (Å²) in [4.78, 5) is 25.2. The highest BCUT2D eigenvalue weighted by Crippen LogP contribution is 2.45. The number of methoxy groups -OCH3 is 1. The number of benzene rings is 1. The second kappa shape index (κ2) is 10.0. The SMILES string of the molecule is COCc1c(C2CC3CCC(C2)N3C(=O)c2cc(N)n[nH]2)nc2c(-c3ccc(-c4ccccc4)nc3)cnn2c1N. The Hall–Kier alpha value is -4.77. The quantitative estimate of drug-likeness (QED) is 0.287. The summed E-state index contributed by atoms with van der Waals surface area (Å²) in [6, 6.07) is 15.9. The number of aromatic amines is 1. The number of fused-ring (bicyclic) bond motifs is 3.